The third-order valence-electron chi connectivity index (χ3n) is 5.14. The van der Waals surface area contributed by atoms with E-state index >= 15 is 0 Å². The molecule has 0 radical (unpaired) electrons. The maximum absolute atomic E-state index is 6.35. The summed E-state index contributed by atoms with van der Waals surface area (Å²) >= 11 is 0. The van der Waals surface area contributed by atoms with E-state index in [0.29, 0.717) is 28.9 Å². The van der Waals surface area contributed by atoms with Crippen molar-refractivity contribution in [1.82, 2.24) is 20.3 Å². The number of nitrogens with zero attached hydrogens (tertiary/aromatic N) is 4. The van der Waals surface area contributed by atoms with Crippen molar-refractivity contribution in [3.63, 3.8) is 0 Å². The molecule has 0 aliphatic heterocycles. The molecular weight excluding hydrogens is 346 g/mol. The van der Waals surface area contributed by atoms with Crippen LogP contribution in [0.15, 0.2) is 37.9 Å². The molecule has 0 atom stereocenters. The summed E-state index contributed by atoms with van der Waals surface area (Å²) in [6.45, 7) is 4.09. The molecular formula is C19H19N5O3. The number of rotatable bonds is 4. The quantitative estimate of drug-likeness (QED) is 0.577. The Balaban J connectivity index is 1.72. The van der Waals surface area contributed by atoms with Gasteiger partial charge in [-0.2, -0.15) is 4.98 Å². The van der Waals surface area contributed by atoms with E-state index in [4.69, 9.17) is 19.2 Å². The molecule has 4 aromatic heterocycles. The predicted molar refractivity (Wildman–Crippen MR) is 96.6 cm³/mol. The largest absolute Gasteiger partial charge is 0.463 e. The van der Waals surface area contributed by atoms with E-state index in [9.17, 15) is 0 Å². The minimum atomic E-state index is -0.493. The number of aromatic nitrogens is 4. The van der Waals surface area contributed by atoms with Gasteiger partial charge in [0.2, 0.25) is 0 Å². The van der Waals surface area contributed by atoms with Gasteiger partial charge in [0.05, 0.1) is 28.4 Å². The highest BCUT2D eigenvalue weighted by Crippen LogP contribution is 2.40. The number of fused-ring (bicyclic) bond motifs is 1. The smallest absolute Gasteiger partial charge is 0.259 e. The molecule has 0 amide bonds. The molecule has 27 heavy (non-hydrogen) atoms. The number of nitrogens with two attached hydrogens (primary N) is 1. The maximum Gasteiger partial charge on any atom is 0.259 e. The van der Waals surface area contributed by atoms with E-state index in [2.05, 4.69) is 20.3 Å². The molecule has 8 heteroatoms. The van der Waals surface area contributed by atoms with Crippen LogP contribution < -0.4 is 5.73 Å². The Morgan fingerprint density at radius 1 is 1.15 bits per heavy atom. The summed E-state index contributed by atoms with van der Waals surface area (Å²) in [6, 6.07) is 5.51. The van der Waals surface area contributed by atoms with Gasteiger partial charge in [-0.05, 0) is 43.4 Å². The molecule has 1 aliphatic rings. The fourth-order valence-electron chi connectivity index (χ4n) is 3.40. The third kappa shape index (κ3) is 2.48. The highest BCUT2D eigenvalue weighted by molar-refractivity contribution is 5.93. The molecule has 4 aromatic rings. The first kappa shape index (κ1) is 16.2. The van der Waals surface area contributed by atoms with Crippen LogP contribution in [0.3, 0.4) is 0 Å². The second-order valence-electron chi connectivity index (χ2n) is 7.37. The highest BCUT2D eigenvalue weighted by atomic mass is 16.5. The van der Waals surface area contributed by atoms with E-state index in [0.717, 1.165) is 35.9 Å². The predicted octanol–water partition coefficient (Wildman–Crippen LogP) is 3.99. The lowest BCUT2D eigenvalue weighted by Gasteiger charge is -2.34. The Hall–Kier alpha value is -3.00. The zero-order valence-corrected chi connectivity index (χ0v) is 15.1. The molecule has 1 aliphatic carbocycles. The van der Waals surface area contributed by atoms with Crippen molar-refractivity contribution in [2.24, 2.45) is 5.73 Å². The van der Waals surface area contributed by atoms with Gasteiger partial charge in [-0.25, -0.2) is 4.98 Å². The molecule has 1 saturated carbocycles. The Morgan fingerprint density at radius 2 is 2.00 bits per heavy atom. The van der Waals surface area contributed by atoms with Crippen molar-refractivity contribution in [3.8, 4) is 22.9 Å². The monoisotopic (exact) mass is 365 g/mol. The summed E-state index contributed by atoms with van der Waals surface area (Å²) in [5, 5.41) is 9.12. The van der Waals surface area contributed by atoms with Gasteiger partial charge in [-0.1, -0.05) is 24.2 Å². The topological polar surface area (TPSA) is 117 Å². The lowest BCUT2D eigenvalue weighted by Crippen LogP contribution is -2.44. The fraction of sp³-hybridized carbons (Fsp3) is 0.368. The normalized spacial score (nSPS) is 16.1. The summed E-state index contributed by atoms with van der Waals surface area (Å²) in [5.74, 6) is 1.69. The van der Waals surface area contributed by atoms with Gasteiger partial charge >= 0.3 is 0 Å². The first-order valence-corrected chi connectivity index (χ1v) is 9.03. The van der Waals surface area contributed by atoms with Crippen LogP contribution in [-0.4, -0.2) is 20.3 Å². The number of hydrogen-bond donors (Lipinski definition) is 1. The van der Waals surface area contributed by atoms with Crippen molar-refractivity contribution < 1.29 is 13.5 Å². The Labute approximate surface area is 154 Å². The van der Waals surface area contributed by atoms with Gasteiger partial charge in [0.15, 0.2) is 11.6 Å². The first-order valence-electron chi connectivity index (χ1n) is 9.03. The zero-order valence-electron chi connectivity index (χ0n) is 15.1. The van der Waals surface area contributed by atoms with E-state index < -0.39 is 5.54 Å². The molecule has 0 aromatic carbocycles. The maximum atomic E-state index is 6.35. The fourth-order valence-corrected chi connectivity index (χ4v) is 3.40. The van der Waals surface area contributed by atoms with Crippen LogP contribution in [0.5, 0.6) is 0 Å². The molecule has 2 N–H and O–H groups in total. The SMILES string of the molecule is CC(C)c1noc2nc(-c3ccco3)cc(-c3nc(C4(N)CCC4)no3)c12. The molecule has 4 heterocycles. The highest BCUT2D eigenvalue weighted by Gasteiger charge is 2.39. The van der Waals surface area contributed by atoms with Crippen molar-refractivity contribution in [1.29, 1.82) is 0 Å². The van der Waals surface area contributed by atoms with E-state index in [-0.39, 0.29) is 5.92 Å². The zero-order chi connectivity index (χ0) is 18.6. The van der Waals surface area contributed by atoms with Gasteiger partial charge in [0.1, 0.15) is 5.69 Å². The molecule has 0 unspecified atom stereocenters. The van der Waals surface area contributed by atoms with Crippen LogP contribution in [0.1, 0.15) is 50.5 Å². The lowest BCUT2D eigenvalue weighted by atomic mass is 9.77. The number of pyridine rings is 1. The number of hydrogen-bond acceptors (Lipinski definition) is 8. The molecule has 0 spiro atoms. The second-order valence-corrected chi connectivity index (χ2v) is 7.37. The van der Waals surface area contributed by atoms with E-state index in [1.165, 1.54) is 0 Å². The minimum Gasteiger partial charge on any atom is -0.463 e. The average molecular weight is 365 g/mol. The lowest BCUT2D eigenvalue weighted by molar-refractivity contribution is 0.229. The van der Waals surface area contributed by atoms with Gasteiger partial charge in [0, 0.05) is 0 Å². The summed E-state index contributed by atoms with van der Waals surface area (Å²) in [4.78, 5) is 9.15. The van der Waals surface area contributed by atoms with Crippen LogP contribution in [0.2, 0.25) is 0 Å². The first-order chi connectivity index (χ1) is 13.0. The third-order valence-corrected chi connectivity index (χ3v) is 5.14. The van der Waals surface area contributed by atoms with Crippen LogP contribution in [0.4, 0.5) is 0 Å². The Bertz CT molecular complexity index is 1110. The van der Waals surface area contributed by atoms with Crippen LogP contribution in [0, 0.1) is 0 Å². The van der Waals surface area contributed by atoms with Gasteiger partial charge < -0.3 is 19.2 Å². The van der Waals surface area contributed by atoms with Crippen molar-refractivity contribution in [2.45, 2.75) is 44.6 Å². The van der Waals surface area contributed by atoms with Crippen LogP contribution >= 0.6 is 0 Å². The summed E-state index contributed by atoms with van der Waals surface area (Å²) in [6.07, 6.45) is 4.39. The molecule has 5 rings (SSSR count). The summed E-state index contributed by atoms with van der Waals surface area (Å²) < 4.78 is 16.6. The number of furan rings is 1. The summed E-state index contributed by atoms with van der Waals surface area (Å²) in [5.41, 5.74) is 8.40. The van der Waals surface area contributed by atoms with Crippen LogP contribution in [0.25, 0.3) is 34.0 Å². The molecule has 0 bridgehead atoms. The average Bonchev–Trinajstić information content (AvgIpc) is 3.38. The van der Waals surface area contributed by atoms with E-state index in [1.54, 1.807) is 12.3 Å². The summed E-state index contributed by atoms with van der Waals surface area (Å²) in [7, 11) is 0. The van der Waals surface area contributed by atoms with Crippen molar-refractivity contribution in [2.75, 3.05) is 0 Å². The molecule has 8 nitrogen and oxygen atoms in total. The molecule has 138 valence electrons. The van der Waals surface area contributed by atoms with Gasteiger partial charge in [0.25, 0.3) is 11.6 Å². The van der Waals surface area contributed by atoms with Crippen molar-refractivity contribution >= 4 is 11.1 Å². The Kier molecular flexibility index (Phi) is 3.45. The van der Waals surface area contributed by atoms with Crippen molar-refractivity contribution in [3.05, 3.63) is 36.0 Å². The standard InChI is InChI=1S/C19H19N5O3/c1-10(2)15-14-11(16-22-18(24-26-16)19(20)6-4-7-19)9-12(13-5-3-8-25-13)21-17(14)27-23-15/h3,5,8-10H,4,6-7,20H2,1-2H3. The Morgan fingerprint density at radius 3 is 2.67 bits per heavy atom. The van der Waals surface area contributed by atoms with E-state index in [1.807, 2.05) is 26.0 Å². The second kappa shape index (κ2) is 5.75. The molecule has 0 saturated heterocycles. The molecule has 1 fully saturated rings. The van der Waals surface area contributed by atoms with Gasteiger partial charge in [-0.15, -0.1) is 0 Å². The van der Waals surface area contributed by atoms with Crippen LogP contribution in [-0.2, 0) is 5.54 Å². The minimum absolute atomic E-state index is 0.149. The van der Waals surface area contributed by atoms with Gasteiger partial charge in [-0.3, -0.25) is 0 Å².